The standard InChI is InChI=1S/C27H32N2O4/c1-6-31-19(4)16-22-14-15-24(20(5)28-22)27(30)29-21-10-9-11-23(17-21)33-26-13-8-7-12-25(26)32-18(2)3/h7-15,17-19H,6,16H2,1-5H3,(H,29,30). The predicted molar refractivity (Wildman–Crippen MR) is 130 cm³/mol. The largest absolute Gasteiger partial charge is 0.487 e. The van der Waals surface area contributed by atoms with Crippen molar-refractivity contribution in [3.8, 4) is 17.2 Å². The number of amides is 1. The molecule has 0 aliphatic carbocycles. The molecule has 1 aromatic heterocycles. The minimum Gasteiger partial charge on any atom is -0.487 e. The number of hydrogen-bond acceptors (Lipinski definition) is 5. The van der Waals surface area contributed by atoms with E-state index in [2.05, 4.69) is 10.3 Å². The summed E-state index contributed by atoms with van der Waals surface area (Å²) in [6.07, 6.45) is 0.823. The van der Waals surface area contributed by atoms with Gasteiger partial charge >= 0.3 is 0 Å². The van der Waals surface area contributed by atoms with Crippen molar-refractivity contribution in [1.82, 2.24) is 4.98 Å². The van der Waals surface area contributed by atoms with Gasteiger partial charge in [-0.05, 0) is 71.0 Å². The van der Waals surface area contributed by atoms with Crippen LogP contribution in [0.5, 0.6) is 17.2 Å². The molecule has 0 aliphatic rings. The Bertz CT molecular complexity index is 1080. The van der Waals surface area contributed by atoms with Crippen molar-refractivity contribution in [2.45, 2.75) is 53.2 Å². The zero-order valence-corrected chi connectivity index (χ0v) is 19.9. The van der Waals surface area contributed by atoms with Gasteiger partial charge in [-0.2, -0.15) is 0 Å². The van der Waals surface area contributed by atoms with Gasteiger partial charge in [0.05, 0.1) is 23.5 Å². The van der Waals surface area contributed by atoms with E-state index in [4.69, 9.17) is 14.2 Å². The predicted octanol–water partition coefficient (Wildman–Crippen LogP) is 6.19. The van der Waals surface area contributed by atoms with Crippen LogP contribution in [0.25, 0.3) is 0 Å². The van der Waals surface area contributed by atoms with Crippen LogP contribution >= 0.6 is 0 Å². The molecule has 3 aromatic rings. The molecule has 2 aromatic carbocycles. The number of benzene rings is 2. The number of hydrogen-bond donors (Lipinski definition) is 1. The number of carbonyl (C=O) groups is 1. The van der Waals surface area contributed by atoms with E-state index in [1.54, 1.807) is 6.07 Å². The molecule has 0 saturated heterocycles. The van der Waals surface area contributed by atoms with Crippen LogP contribution in [-0.2, 0) is 11.2 Å². The van der Waals surface area contributed by atoms with Gasteiger partial charge in [0, 0.05) is 30.5 Å². The van der Waals surface area contributed by atoms with Crippen LogP contribution in [0.1, 0.15) is 49.4 Å². The second kappa shape index (κ2) is 11.5. The van der Waals surface area contributed by atoms with Gasteiger partial charge in [0.25, 0.3) is 5.91 Å². The molecule has 3 rings (SSSR count). The Morgan fingerprint density at radius 1 is 1.00 bits per heavy atom. The van der Waals surface area contributed by atoms with E-state index in [0.717, 1.165) is 5.69 Å². The average Bonchev–Trinajstić information content (AvgIpc) is 2.75. The maximum absolute atomic E-state index is 12.9. The maximum Gasteiger partial charge on any atom is 0.257 e. The van der Waals surface area contributed by atoms with Crippen LogP contribution in [-0.4, -0.2) is 29.7 Å². The van der Waals surface area contributed by atoms with Gasteiger partial charge in [0.15, 0.2) is 11.5 Å². The van der Waals surface area contributed by atoms with Crippen LogP contribution in [0.2, 0.25) is 0 Å². The van der Waals surface area contributed by atoms with Crippen LogP contribution in [0.15, 0.2) is 60.7 Å². The van der Waals surface area contributed by atoms with Crippen LogP contribution < -0.4 is 14.8 Å². The van der Waals surface area contributed by atoms with Crippen molar-refractivity contribution in [3.63, 3.8) is 0 Å². The van der Waals surface area contributed by atoms with Gasteiger partial charge in [-0.15, -0.1) is 0 Å². The fourth-order valence-electron chi connectivity index (χ4n) is 3.45. The molecule has 0 bridgehead atoms. The number of rotatable bonds is 10. The minimum absolute atomic E-state index is 0.0333. The number of nitrogens with one attached hydrogen (secondary N) is 1. The first-order valence-electron chi connectivity index (χ1n) is 11.3. The first kappa shape index (κ1) is 24.3. The summed E-state index contributed by atoms with van der Waals surface area (Å²) in [7, 11) is 0. The third-order valence-electron chi connectivity index (χ3n) is 4.87. The topological polar surface area (TPSA) is 69.7 Å². The molecule has 1 heterocycles. The smallest absolute Gasteiger partial charge is 0.257 e. The number of nitrogens with zero attached hydrogens (tertiary/aromatic N) is 1. The molecule has 0 spiro atoms. The molecular formula is C27H32N2O4. The average molecular weight is 449 g/mol. The van der Waals surface area contributed by atoms with Crippen molar-refractivity contribution in [1.29, 1.82) is 0 Å². The summed E-state index contributed by atoms with van der Waals surface area (Å²) >= 11 is 0. The molecule has 33 heavy (non-hydrogen) atoms. The second-order valence-corrected chi connectivity index (χ2v) is 8.10. The van der Waals surface area contributed by atoms with Crippen molar-refractivity contribution < 1.29 is 19.0 Å². The molecule has 6 heteroatoms. The summed E-state index contributed by atoms with van der Waals surface area (Å²) in [6, 6.07) is 18.5. The van der Waals surface area contributed by atoms with E-state index < -0.39 is 0 Å². The first-order valence-corrected chi connectivity index (χ1v) is 11.3. The Morgan fingerprint density at radius 3 is 2.45 bits per heavy atom. The number of aryl methyl sites for hydroxylation is 1. The third kappa shape index (κ3) is 7.05. The van der Waals surface area contributed by atoms with Gasteiger partial charge in [0.2, 0.25) is 0 Å². The van der Waals surface area contributed by atoms with Gasteiger partial charge in [-0.1, -0.05) is 18.2 Å². The number of pyridine rings is 1. The van der Waals surface area contributed by atoms with E-state index in [1.165, 1.54) is 0 Å². The van der Waals surface area contributed by atoms with Crippen LogP contribution in [0, 0.1) is 6.92 Å². The zero-order chi connectivity index (χ0) is 23.8. The highest BCUT2D eigenvalue weighted by Crippen LogP contribution is 2.33. The number of para-hydroxylation sites is 2. The lowest BCUT2D eigenvalue weighted by Crippen LogP contribution is -2.16. The summed E-state index contributed by atoms with van der Waals surface area (Å²) in [5, 5.41) is 2.94. The number of anilines is 1. The fraction of sp³-hybridized carbons (Fsp3) is 0.333. The molecule has 0 saturated carbocycles. The second-order valence-electron chi connectivity index (χ2n) is 8.10. The summed E-state index contributed by atoms with van der Waals surface area (Å²) in [5.74, 6) is 1.67. The van der Waals surface area contributed by atoms with Crippen LogP contribution in [0.4, 0.5) is 5.69 Å². The Hall–Kier alpha value is -3.38. The Kier molecular flexibility index (Phi) is 8.44. The molecule has 0 aliphatic heterocycles. The number of ether oxygens (including phenoxy) is 3. The normalized spacial score (nSPS) is 11.8. The molecule has 1 N–H and O–H groups in total. The molecule has 1 atom stereocenters. The molecule has 174 valence electrons. The summed E-state index contributed by atoms with van der Waals surface area (Å²) in [6.45, 7) is 10.4. The summed E-state index contributed by atoms with van der Waals surface area (Å²) in [5.41, 5.74) is 2.75. The zero-order valence-electron chi connectivity index (χ0n) is 19.9. The van der Waals surface area contributed by atoms with Crippen LogP contribution in [0.3, 0.4) is 0 Å². The molecule has 0 radical (unpaired) electrons. The van der Waals surface area contributed by atoms with E-state index in [-0.39, 0.29) is 18.1 Å². The lowest BCUT2D eigenvalue weighted by Gasteiger charge is -2.15. The Morgan fingerprint density at radius 2 is 1.76 bits per heavy atom. The monoisotopic (exact) mass is 448 g/mol. The molecule has 1 amide bonds. The first-order chi connectivity index (χ1) is 15.9. The highest BCUT2D eigenvalue weighted by atomic mass is 16.5. The SMILES string of the molecule is CCOC(C)Cc1ccc(C(=O)Nc2cccc(Oc3ccccc3OC(C)C)c2)c(C)n1. The highest BCUT2D eigenvalue weighted by Gasteiger charge is 2.14. The van der Waals surface area contributed by atoms with Gasteiger partial charge < -0.3 is 19.5 Å². The Balaban J connectivity index is 1.70. The van der Waals surface area contributed by atoms with Gasteiger partial charge in [0.1, 0.15) is 5.75 Å². The third-order valence-corrected chi connectivity index (χ3v) is 4.87. The van der Waals surface area contributed by atoms with E-state index in [0.29, 0.717) is 47.2 Å². The summed E-state index contributed by atoms with van der Waals surface area (Å²) in [4.78, 5) is 17.5. The van der Waals surface area contributed by atoms with Gasteiger partial charge in [-0.25, -0.2) is 0 Å². The van der Waals surface area contributed by atoms with E-state index >= 15 is 0 Å². The van der Waals surface area contributed by atoms with Crippen molar-refractivity contribution >= 4 is 11.6 Å². The minimum atomic E-state index is -0.218. The van der Waals surface area contributed by atoms with Crippen molar-refractivity contribution in [3.05, 3.63) is 77.6 Å². The lowest BCUT2D eigenvalue weighted by atomic mass is 10.1. The summed E-state index contributed by atoms with van der Waals surface area (Å²) < 4.78 is 17.4. The van der Waals surface area contributed by atoms with Crippen molar-refractivity contribution in [2.75, 3.05) is 11.9 Å². The quantitative estimate of drug-likeness (QED) is 0.400. The van der Waals surface area contributed by atoms with E-state index in [9.17, 15) is 4.79 Å². The van der Waals surface area contributed by atoms with E-state index in [1.807, 2.05) is 89.2 Å². The number of carbonyl (C=O) groups excluding carboxylic acids is 1. The number of aromatic nitrogens is 1. The molecule has 1 unspecified atom stereocenters. The van der Waals surface area contributed by atoms with Crippen molar-refractivity contribution in [2.24, 2.45) is 0 Å². The fourth-order valence-corrected chi connectivity index (χ4v) is 3.45. The van der Waals surface area contributed by atoms with Gasteiger partial charge in [-0.3, -0.25) is 9.78 Å². The molecule has 0 fully saturated rings. The maximum atomic E-state index is 12.9. The molecule has 6 nitrogen and oxygen atoms in total. The molecular weight excluding hydrogens is 416 g/mol. The Labute approximate surface area is 195 Å². The lowest BCUT2D eigenvalue weighted by molar-refractivity contribution is 0.0761. The highest BCUT2D eigenvalue weighted by molar-refractivity contribution is 6.05.